The Hall–Kier alpha value is -1.95. The fourth-order valence-corrected chi connectivity index (χ4v) is 1.62. The topological polar surface area (TPSA) is 93.8 Å². The van der Waals surface area contributed by atoms with Gasteiger partial charge in [-0.05, 0) is 26.8 Å². The summed E-state index contributed by atoms with van der Waals surface area (Å²) in [6, 6.07) is 3.11. The number of hydrogen-bond donors (Lipinski definition) is 3. The molecule has 1 amide bonds. The lowest BCUT2D eigenvalue weighted by molar-refractivity contribution is 0.0710. The number of ether oxygens (including phenoxy) is 2. The van der Waals surface area contributed by atoms with Crippen molar-refractivity contribution < 1.29 is 19.4 Å². The number of amides is 1. The van der Waals surface area contributed by atoms with Gasteiger partial charge >= 0.3 is 0 Å². The smallest absolute Gasteiger partial charge is 0.254 e. The quantitative estimate of drug-likeness (QED) is 0.706. The minimum Gasteiger partial charge on any atom is -0.454 e. The fourth-order valence-electron chi connectivity index (χ4n) is 1.62. The summed E-state index contributed by atoms with van der Waals surface area (Å²) in [5.41, 5.74) is 5.69. The van der Waals surface area contributed by atoms with Crippen molar-refractivity contribution in [2.24, 2.45) is 0 Å². The van der Waals surface area contributed by atoms with Crippen molar-refractivity contribution in [2.75, 3.05) is 12.5 Å². The molecule has 1 aromatic rings. The van der Waals surface area contributed by atoms with Crippen LogP contribution in [0.4, 0.5) is 5.69 Å². The van der Waals surface area contributed by atoms with E-state index in [9.17, 15) is 9.90 Å². The molecule has 0 bridgehead atoms. The number of benzene rings is 1. The molecule has 0 saturated heterocycles. The predicted octanol–water partition coefficient (Wildman–Crippen LogP) is 0.887. The van der Waals surface area contributed by atoms with Gasteiger partial charge in [0.2, 0.25) is 6.79 Å². The number of nitrogens with one attached hydrogen (secondary N) is 1. The second-order valence-corrected chi connectivity index (χ2v) is 5.14. The number of carbonyl (C=O) groups excluding carboxylic acids is 1. The number of hydrogen-bond acceptors (Lipinski definition) is 5. The molecule has 1 heterocycles. The van der Waals surface area contributed by atoms with Crippen molar-refractivity contribution in [1.82, 2.24) is 5.32 Å². The number of fused-ring (bicyclic) bond motifs is 1. The van der Waals surface area contributed by atoms with Gasteiger partial charge in [-0.2, -0.15) is 0 Å². The third kappa shape index (κ3) is 2.58. The summed E-state index contributed by atoms with van der Waals surface area (Å²) >= 11 is 0. The summed E-state index contributed by atoms with van der Waals surface area (Å²) in [5.74, 6) is 0.666. The van der Waals surface area contributed by atoms with E-state index < -0.39 is 11.6 Å². The molecule has 1 aliphatic heterocycles. The summed E-state index contributed by atoms with van der Waals surface area (Å²) in [6.45, 7) is 5.21. The monoisotopic (exact) mass is 266 g/mol. The summed E-state index contributed by atoms with van der Waals surface area (Å²) in [6.07, 6.45) is -0.688. The first-order valence-electron chi connectivity index (χ1n) is 6.01. The Morgan fingerprint density at radius 3 is 2.58 bits per heavy atom. The number of nitrogens with two attached hydrogens (primary N) is 1. The van der Waals surface area contributed by atoms with Crippen molar-refractivity contribution in [1.29, 1.82) is 0 Å². The number of aliphatic hydroxyl groups excluding tert-OH is 1. The van der Waals surface area contributed by atoms with Gasteiger partial charge in [0.25, 0.3) is 5.91 Å². The Labute approximate surface area is 111 Å². The van der Waals surface area contributed by atoms with Gasteiger partial charge in [-0.3, -0.25) is 4.79 Å². The van der Waals surface area contributed by atoms with Crippen molar-refractivity contribution in [2.45, 2.75) is 32.4 Å². The predicted molar refractivity (Wildman–Crippen MR) is 70.2 cm³/mol. The maximum absolute atomic E-state index is 12.2. The molecule has 6 nitrogen and oxygen atoms in total. The molecule has 104 valence electrons. The molecule has 19 heavy (non-hydrogen) atoms. The maximum Gasteiger partial charge on any atom is 0.254 e. The van der Waals surface area contributed by atoms with Gasteiger partial charge in [0.1, 0.15) is 0 Å². The molecule has 0 spiro atoms. The van der Waals surface area contributed by atoms with Crippen LogP contribution in [-0.2, 0) is 0 Å². The third-order valence-electron chi connectivity index (χ3n) is 3.27. The lowest BCUT2D eigenvalue weighted by Crippen LogP contribution is -2.51. The van der Waals surface area contributed by atoms with Crippen LogP contribution < -0.4 is 20.5 Å². The lowest BCUT2D eigenvalue weighted by atomic mass is 9.98. The zero-order valence-corrected chi connectivity index (χ0v) is 11.2. The standard InChI is InChI=1S/C13H18N2O4/c1-7(16)13(2,3)15-12(17)8-4-10-11(5-9(8)14)19-6-18-10/h4-5,7,16H,6,14H2,1-3H3,(H,15,17). The SMILES string of the molecule is CC(O)C(C)(C)NC(=O)c1cc2c(cc1N)OCO2. The van der Waals surface area contributed by atoms with Gasteiger partial charge in [-0.1, -0.05) is 0 Å². The van der Waals surface area contributed by atoms with Crippen LogP contribution in [0.25, 0.3) is 0 Å². The largest absolute Gasteiger partial charge is 0.454 e. The van der Waals surface area contributed by atoms with Gasteiger partial charge in [0.15, 0.2) is 11.5 Å². The average molecular weight is 266 g/mol. The highest BCUT2D eigenvalue weighted by molar-refractivity contribution is 6.00. The molecule has 4 N–H and O–H groups in total. The van der Waals surface area contributed by atoms with E-state index in [2.05, 4.69) is 5.32 Å². The highest BCUT2D eigenvalue weighted by Crippen LogP contribution is 2.36. The van der Waals surface area contributed by atoms with Crippen LogP contribution in [0.5, 0.6) is 11.5 Å². The normalized spacial score (nSPS) is 15.2. The van der Waals surface area contributed by atoms with Crippen LogP contribution in [0, 0.1) is 0 Å². The molecular weight excluding hydrogens is 248 g/mol. The van der Waals surface area contributed by atoms with Crippen LogP contribution in [-0.4, -0.2) is 29.4 Å². The van der Waals surface area contributed by atoms with E-state index in [0.717, 1.165) is 0 Å². The molecule has 0 saturated carbocycles. The van der Waals surface area contributed by atoms with Crippen molar-refractivity contribution in [3.05, 3.63) is 17.7 Å². The summed E-state index contributed by atoms with van der Waals surface area (Å²) in [5, 5.41) is 12.3. The number of nitrogen functional groups attached to an aromatic ring is 1. The first-order chi connectivity index (χ1) is 8.81. The first-order valence-corrected chi connectivity index (χ1v) is 6.01. The number of aliphatic hydroxyl groups is 1. The molecule has 1 atom stereocenters. The van der Waals surface area contributed by atoms with Crippen LogP contribution in [0.3, 0.4) is 0 Å². The van der Waals surface area contributed by atoms with Crippen molar-refractivity contribution in [3.8, 4) is 11.5 Å². The zero-order valence-electron chi connectivity index (χ0n) is 11.2. The molecule has 1 aliphatic rings. The Kier molecular flexibility index (Phi) is 3.28. The molecule has 1 aromatic carbocycles. The molecule has 0 radical (unpaired) electrons. The zero-order chi connectivity index (χ0) is 14.2. The van der Waals surface area contributed by atoms with Gasteiger partial charge in [-0.15, -0.1) is 0 Å². The molecule has 0 aromatic heterocycles. The van der Waals surface area contributed by atoms with Gasteiger partial charge in [-0.25, -0.2) is 0 Å². The minimum absolute atomic E-state index is 0.124. The van der Waals surface area contributed by atoms with E-state index in [1.165, 1.54) is 0 Å². The Balaban J connectivity index is 2.25. The average Bonchev–Trinajstić information content (AvgIpc) is 2.73. The van der Waals surface area contributed by atoms with Crippen LogP contribution in [0.1, 0.15) is 31.1 Å². The van der Waals surface area contributed by atoms with Gasteiger partial charge in [0.05, 0.1) is 17.2 Å². The van der Waals surface area contributed by atoms with E-state index in [1.807, 2.05) is 0 Å². The second-order valence-electron chi connectivity index (χ2n) is 5.14. The lowest BCUT2D eigenvalue weighted by Gasteiger charge is -2.29. The summed E-state index contributed by atoms with van der Waals surface area (Å²) in [7, 11) is 0. The Morgan fingerprint density at radius 2 is 2.00 bits per heavy atom. The minimum atomic E-state index is -0.750. The molecule has 0 aliphatic carbocycles. The van der Waals surface area contributed by atoms with E-state index in [-0.39, 0.29) is 12.7 Å². The van der Waals surface area contributed by atoms with Crippen LogP contribution >= 0.6 is 0 Å². The summed E-state index contributed by atoms with van der Waals surface area (Å²) in [4.78, 5) is 12.2. The van der Waals surface area contributed by atoms with Crippen molar-refractivity contribution >= 4 is 11.6 Å². The number of anilines is 1. The van der Waals surface area contributed by atoms with Crippen LogP contribution in [0.15, 0.2) is 12.1 Å². The highest BCUT2D eigenvalue weighted by atomic mass is 16.7. The van der Waals surface area contributed by atoms with Gasteiger partial charge in [0, 0.05) is 11.8 Å². The third-order valence-corrected chi connectivity index (χ3v) is 3.27. The van der Waals surface area contributed by atoms with E-state index in [0.29, 0.717) is 22.7 Å². The summed E-state index contributed by atoms with van der Waals surface area (Å²) < 4.78 is 10.4. The maximum atomic E-state index is 12.2. The molecule has 1 unspecified atom stereocenters. The van der Waals surface area contributed by atoms with E-state index in [4.69, 9.17) is 15.2 Å². The fraction of sp³-hybridized carbons (Fsp3) is 0.462. The van der Waals surface area contributed by atoms with E-state index >= 15 is 0 Å². The van der Waals surface area contributed by atoms with Crippen LogP contribution in [0.2, 0.25) is 0 Å². The number of rotatable bonds is 3. The highest BCUT2D eigenvalue weighted by Gasteiger charge is 2.28. The molecular formula is C13H18N2O4. The van der Waals surface area contributed by atoms with E-state index in [1.54, 1.807) is 32.9 Å². The first kappa shape index (κ1) is 13.5. The molecule has 2 rings (SSSR count). The number of carbonyl (C=O) groups is 1. The molecule has 6 heteroatoms. The second kappa shape index (κ2) is 4.62. The Bertz CT molecular complexity index is 512. The Morgan fingerprint density at radius 1 is 1.42 bits per heavy atom. The van der Waals surface area contributed by atoms with Gasteiger partial charge < -0.3 is 25.6 Å². The molecule has 0 fully saturated rings. The van der Waals surface area contributed by atoms with Crippen molar-refractivity contribution in [3.63, 3.8) is 0 Å².